The fourth-order valence-corrected chi connectivity index (χ4v) is 4.26. The molecule has 1 fully saturated rings. The van der Waals surface area contributed by atoms with Gasteiger partial charge in [-0.15, -0.1) is 0 Å². The Morgan fingerprint density at radius 2 is 1.92 bits per heavy atom. The van der Waals surface area contributed by atoms with Gasteiger partial charge in [-0.2, -0.15) is 17.5 Å². The molecule has 1 saturated carbocycles. The van der Waals surface area contributed by atoms with Gasteiger partial charge in [0.15, 0.2) is 0 Å². The SMILES string of the molecule is Cn1cccc1CN(C1CC1)S(=O)(=O)c1cccc(C(F)(F)F)c1. The maximum Gasteiger partial charge on any atom is 0.416 e. The molecule has 8 heteroatoms. The van der Waals surface area contributed by atoms with E-state index in [2.05, 4.69) is 0 Å². The number of aromatic nitrogens is 1. The number of benzene rings is 1. The minimum absolute atomic E-state index is 0.146. The lowest BCUT2D eigenvalue weighted by Gasteiger charge is -2.22. The Labute approximate surface area is 138 Å². The summed E-state index contributed by atoms with van der Waals surface area (Å²) in [5, 5.41) is 0. The molecule has 0 N–H and O–H groups in total. The Balaban J connectivity index is 1.97. The highest BCUT2D eigenvalue weighted by Gasteiger charge is 2.39. The van der Waals surface area contributed by atoms with E-state index in [1.54, 1.807) is 29.9 Å². The van der Waals surface area contributed by atoms with Crippen LogP contribution in [0.15, 0.2) is 47.5 Å². The van der Waals surface area contributed by atoms with Crippen LogP contribution in [0.25, 0.3) is 0 Å². The summed E-state index contributed by atoms with van der Waals surface area (Å²) in [6, 6.07) is 7.37. The number of alkyl halides is 3. The van der Waals surface area contributed by atoms with Crippen LogP contribution in [0.5, 0.6) is 0 Å². The molecule has 1 aromatic heterocycles. The highest BCUT2D eigenvalue weighted by molar-refractivity contribution is 7.89. The summed E-state index contributed by atoms with van der Waals surface area (Å²) < 4.78 is 67.5. The van der Waals surface area contributed by atoms with Gasteiger partial charge in [-0.05, 0) is 43.2 Å². The van der Waals surface area contributed by atoms with Crippen LogP contribution < -0.4 is 0 Å². The lowest BCUT2D eigenvalue weighted by molar-refractivity contribution is -0.137. The van der Waals surface area contributed by atoms with E-state index in [0.29, 0.717) is 6.07 Å². The zero-order valence-electron chi connectivity index (χ0n) is 13.0. The quantitative estimate of drug-likeness (QED) is 0.822. The van der Waals surface area contributed by atoms with Crippen molar-refractivity contribution in [3.63, 3.8) is 0 Å². The van der Waals surface area contributed by atoms with Crippen LogP contribution in [-0.2, 0) is 29.8 Å². The minimum atomic E-state index is -4.58. The second-order valence-corrected chi connectivity index (χ2v) is 7.81. The maximum absolute atomic E-state index is 12.9. The molecule has 1 aliphatic carbocycles. The van der Waals surface area contributed by atoms with Gasteiger partial charge < -0.3 is 4.57 Å². The van der Waals surface area contributed by atoms with Gasteiger partial charge in [-0.25, -0.2) is 8.42 Å². The summed E-state index contributed by atoms with van der Waals surface area (Å²) in [7, 11) is -2.19. The van der Waals surface area contributed by atoms with Crippen molar-refractivity contribution < 1.29 is 21.6 Å². The van der Waals surface area contributed by atoms with E-state index < -0.39 is 21.8 Å². The summed E-state index contributed by atoms with van der Waals surface area (Å²) in [6.07, 6.45) is -1.32. The highest BCUT2D eigenvalue weighted by Crippen LogP contribution is 2.35. The number of aryl methyl sites for hydroxylation is 1. The van der Waals surface area contributed by atoms with Gasteiger partial charge >= 0.3 is 6.18 Å². The smallest absolute Gasteiger partial charge is 0.353 e. The lowest BCUT2D eigenvalue weighted by Crippen LogP contribution is -2.33. The zero-order chi connectivity index (χ0) is 17.5. The molecule has 0 aliphatic heterocycles. The van der Waals surface area contributed by atoms with Crippen LogP contribution in [0.2, 0.25) is 0 Å². The standard InChI is InChI=1S/C16H17F3N2O2S/c1-20-9-3-5-14(20)11-21(13-7-8-13)24(22,23)15-6-2-4-12(10-15)16(17,18)19/h2-6,9-10,13H,7-8,11H2,1H3. The van der Waals surface area contributed by atoms with E-state index in [9.17, 15) is 21.6 Å². The molecule has 0 saturated heterocycles. The molecule has 1 aromatic carbocycles. The fraction of sp³-hybridized carbons (Fsp3) is 0.375. The molecule has 0 bridgehead atoms. The molecule has 3 rings (SSSR count). The topological polar surface area (TPSA) is 42.3 Å². The third-order valence-corrected chi connectivity index (χ3v) is 5.99. The molecular formula is C16H17F3N2O2S. The maximum atomic E-state index is 12.9. The first-order chi connectivity index (χ1) is 11.2. The van der Waals surface area contributed by atoms with E-state index in [-0.39, 0.29) is 17.5 Å². The van der Waals surface area contributed by atoms with Gasteiger partial charge in [0.2, 0.25) is 10.0 Å². The third kappa shape index (κ3) is 3.34. The van der Waals surface area contributed by atoms with Gasteiger partial charge in [0.1, 0.15) is 0 Å². The molecule has 130 valence electrons. The number of hydrogen-bond acceptors (Lipinski definition) is 2. The van der Waals surface area contributed by atoms with Gasteiger partial charge in [-0.1, -0.05) is 6.07 Å². The first-order valence-electron chi connectivity index (χ1n) is 7.49. The molecule has 2 aromatic rings. The van der Waals surface area contributed by atoms with Crippen molar-refractivity contribution in [2.45, 2.75) is 36.5 Å². The Bertz CT molecular complexity index is 839. The average Bonchev–Trinajstić information content (AvgIpc) is 3.27. The Morgan fingerprint density at radius 1 is 1.21 bits per heavy atom. The predicted octanol–water partition coefficient (Wildman–Crippen LogP) is 3.40. The van der Waals surface area contributed by atoms with Crippen molar-refractivity contribution in [1.82, 2.24) is 8.87 Å². The summed E-state index contributed by atoms with van der Waals surface area (Å²) >= 11 is 0. The molecule has 0 unspecified atom stereocenters. The van der Waals surface area contributed by atoms with E-state index >= 15 is 0 Å². The zero-order valence-corrected chi connectivity index (χ0v) is 13.8. The van der Waals surface area contributed by atoms with E-state index in [1.807, 2.05) is 0 Å². The van der Waals surface area contributed by atoms with E-state index in [0.717, 1.165) is 30.7 Å². The van der Waals surface area contributed by atoms with Crippen LogP contribution >= 0.6 is 0 Å². The van der Waals surface area contributed by atoms with Crippen LogP contribution in [-0.4, -0.2) is 23.3 Å². The first kappa shape index (κ1) is 17.0. The second-order valence-electron chi connectivity index (χ2n) is 5.92. The number of nitrogens with zero attached hydrogens (tertiary/aromatic N) is 2. The van der Waals surface area contributed by atoms with Crippen LogP contribution in [0.3, 0.4) is 0 Å². The normalized spacial score (nSPS) is 15.9. The summed E-state index contributed by atoms with van der Waals surface area (Å²) in [5.41, 5.74) is -0.171. The first-order valence-corrected chi connectivity index (χ1v) is 8.93. The molecule has 0 atom stereocenters. The molecule has 0 spiro atoms. The van der Waals surface area contributed by atoms with Gasteiger partial charge in [0.25, 0.3) is 0 Å². The summed E-state index contributed by atoms with van der Waals surface area (Å²) in [5.74, 6) is 0. The van der Waals surface area contributed by atoms with E-state index in [1.165, 1.54) is 10.4 Å². The molecule has 4 nitrogen and oxygen atoms in total. The number of rotatable bonds is 5. The molecule has 0 radical (unpaired) electrons. The molecule has 0 amide bonds. The number of sulfonamides is 1. The number of halogens is 3. The van der Waals surface area contributed by atoms with Crippen molar-refractivity contribution in [2.24, 2.45) is 7.05 Å². The predicted molar refractivity (Wildman–Crippen MR) is 82.6 cm³/mol. The second kappa shape index (κ2) is 5.93. The van der Waals surface area contributed by atoms with Crippen molar-refractivity contribution in [3.05, 3.63) is 53.9 Å². The van der Waals surface area contributed by atoms with Crippen LogP contribution in [0.4, 0.5) is 13.2 Å². The monoisotopic (exact) mass is 358 g/mol. The molecule has 1 heterocycles. The fourth-order valence-electron chi connectivity index (χ4n) is 2.56. The Morgan fingerprint density at radius 3 is 2.46 bits per heavy atom. The van der Waals surface area contributed by atoms with Crippen molar-refractivity contribution in [2.75, 3.05) is 0 Å². The molecular weight excluding hydrogens is 341 g/mol. The van der Waals surface area contributed by atoms with E-state index in [4.69, 9.17) is 0 Å². The summed E-state index contributed by atoms with van der Waals surface area (Å²) in [6.45, 7) is 0.146. The van der Waals surface area contributed by atoms with Crippen molar-refractivity contribution >= 4 is 10.0 Å². The molecule has 24 heavy (non-hydrogen) atoms. The number of hydrogen-bond donors (Lipinski definition) is 0. The van der Waals surface area contributed by atoms with Gasteiger partial charge in [0, 0.05) is 25.0 Å². The Hall–Kier alpha value is -1.80. The van der Waals surface area contributed by atoms with Gasteiger partial charge in [0.05, 0.1) is 17.0 Å². The lowest BCUT2D eigenvalue weighted by atomic mass is 10.2. The van der Waals surface area contributed by atoms with Crippen LogP contribution in [0, 0.1) is 0 Å². The summed E-state index contributed by atoms with van der Waals surface area (Å²) in [4.78, 5) is -0.321. The van der Waals surface area contributed by atoms with Crippen molar-refractivity contribution in [3.8, 4) is 0 Å². The van der Waals surface area contributed by atoms with Crippen molar-refractivity contribution in [1.29, 1.82) is 0 Å². The minimum Gasteiger partial charge on any atom is -0.353 e. The average molecular weight is 358 g/mol. The largest absolute Gasteiger partial charge is 0.416 e. The molecule has 1 aliphatic rings. The van der Waals surface area contributed by atoms with Gasteiger partial charge in [-0.3, -0.25) is 0 Å². The third-order valence-electron chi connectivity index (χ3n) is 4.09. The van der Waals surface area contributed by atoms with Crippen LogP contribution in [0.1, 0.15) is 24.1 Å². The highest BCUT2D eigenvalue weighted by atomic mass is 32.2. The Kier molecular flexibility index (Phi) is 4.21.